The lowest BCUT2D eigenvalue weighted by atomic mass is 10.1. The maximum atomic E-state index is 12.2. The van der Waals surface area contributed by atoms with Gasteiger partial charge in [-0.1, -0.05) is 12.1 Å². The molecule has 1 amide bonds. The summed E-state index contributed by atoms with van der Waals surface area (Å²) in [5.74, 6) is 0.363. The summed E-state index contributed by atoms with van der Waals surface area (Å²) in [6.07, 6.45) is 3.12. The largest absolute Gasteiger partial charge is 0.475 e. The fraction of sp³-hybridized carbons (Fsp3) is 0.214. The SMILES string of the molecule is Cn1cncc1C(=O)Nc1ccccc1C1=NCCO1. The van der Waals surface area contributed by atoms with E-state index < -0.39 is 0 Å². The van der Waals surface area contributed by atoms with Gasteiger partial charge in [0, 0.05) is 7.05 Å². The molecule has 1 aliphatic rings. The molecule has 0 saturated heterocycles. The number of carbonyl (C=O) groups is 1. The Labute approximate surface area is 116 Å². The van der Waals surface area contributed by atoms with Gasteiger partial charge in [0.05, 0.1) is 30.3 Å². The minimum absolute atomic E-state index is 0.212. The number of imidazole rings is 1. The zero-order valence-electron chi connectivity index (χ0n) is 11.0. The van der Waals surface area contributed by atoms with Crippen LogP contribution in [0.3, 0.4) is 0 Å². The van der Waals surface area contributed by atoms with E-state index >= 15 is 0 Å². The van der Waals surface area contributed by atoms with Crippen molar-refractivity contribution in [2.75, 3.05) is 18.5 Å². The predicted octanol–water partition coefficient (Wildman–Crippen LogP) is 1.45. The monoisotopic (exact) mass is 270 g/mol. The van der Waals surface area contributed by atoms with Gasteiger partial charge in [0.15, 0.2) is 0 Å². The fourth-order valence-corrected chi connectivity index (χ4v) is 2.04. The Morgan fingerprint density at radius 1 is 1.40 bits per heavy atom. The van der Waals surface area contributed by atoms with Gasteiger partial charge in [0.25, 0.3) is 5.91 Å². The van der Waals surface area contributed by atoms with Gasteiger partial charge in [-0.05, 0) is 12.1 Å². The van der Waals surface area contributed by atoms with Crippen LogP contribution in [0, 0.1) is 0 Å². The molecule has 1 aliphatic heterocycles. The first kappa shape index (κ1) is 12.4. The highest BCUT2D eigenvalue weighted by Crippen LogP contribution is 2.19. The summed E-state index contributed by atoms with van der Waals surface area (Å²) in [4.78, 5) is 20.4. The van der Waals surface area contributed by atoms with E-state index in [0.29, 0.717) is 30.4 Å². The number of benzene rings is 1. The first-order chi connectivity index (χ1) is 9.75. The molecule has 1 aromatic carbocycles. The summed E-state index contributed by atoms with van der Waals surface area (Å²) in [5.41, 5.74) is 1.97. The van der Waals surface area contributed by atoms with Gasteiger partial charge in [-0.2, -0.15) is 0 Å². The van der Waals surface area contributed by atoms with Crippen LogP contribution in [0.15, 0.2) is 41.8 Å². The number of aromatic nitrogens is 2. The van der Waals surface area contributed by atoms with Crippen molar-refractivity contribution in [1.29, 1.82) is 0 Å². The van der Waals surface area contributed by atoms with Crippen LogP contribution in [0.25, 0.3) is 0 Å². The van der Waals surface area contributed by atoms with Crippen LogP contribution in [0.2, 0.25) is 0 Å². The molecule has 20 heavy (non-hydrogen) atoms. The number of nitrogens with one attached hydrogen (secondary N) is 1. The zero-order chi connectivity index (χ0) is 13.9. The van der Waals surface area contributed by atoms with Gasteiger partial charge >= 0.3 is 0 Å². The molecule has 0 saturated carbocycles. The Hall–Kier alpha value is -2.63. The lowest BCUT2D eigenvalue weighted by Gasteiger charge is -2.10. The van der Waals surface area contributed by atoms with E-state index in [4.69, 9.17) is 4.74 Å². The van der Waals surface area contributed by atoms with E-state index in [1.165, 1.54) is 6.20 Å². The molecule has 1 N–H and O–H groups in total. The van der Waals surface area contributed by atoms with Crippen molar-refractivity contribution in [2.24, 2.45) is 12.0 Å². The van der Waals surface area contributed by atoms with Crippen molar-refractivity contribution in [2.45, 2.75) is 0 Å². The summed E-state index contributed by atoms with van der Waals surface area (Å²) in [6, 6.07) is 7.45. The first-order valence-corrected chi connectivity index (χ1v) is 6.30. The van der Waals surface area contributed by atoms with E-state index in [-0.39, 0.29) is 5.91 Å². The van der Waals surface area contributed by atoms with E-state index in [2.05, 4.69) is 15.3 Å². The average Bonchev–Trinajstić information content (AvgIpc) is 3.10. The smallest absolute Gasteiger partial charge is 0.273 e. The summed E-state index contributed by atoms with van der Waals surface area (Å²) in [5, 5.41) is 2.87. The van der Waals surface area contributed by atoms with Crippen LogP contribution in [0.4, 0.5) is 5.69 Å². The van der Waals surface area contributed by atoms with Gasteiger partial charge in [-0.3, -0.25) is 4.79 Å². The van der Waals surface area contributed by atoms with Crippen LogP contribution in [-0.4, -0.2) is 34.5 Å². The van der Waals surface area contributed by atoms with Gasteiger partial charge < -0.3 is 14.6 Å². The molecule has 6 heteroatoms. The van der Waals surface area contributed by atoms with E-state index in [1.54, 1.807) is 17.9 Å². The molecule has 2 heterocycles. The molecule has 0 bridgehead atoms. The van der Waals surface area contributed by atoms with Crippen molar-refractivity contribution in [3.05, 3.63) is 48.0 Å². The average molecular weight is 270 g/mol. The molecule has 0 unspecified atom stereocenters. The number of aliphatic imine (C=N–C) groups is 1. The number of hydrogen-bond acceptors (Lipinski definition) is 4. The normalized spacial score (nSPS) is 13.8. The molecule has 1 aromatic heterocycles. The lowest BCUT2D eigenvalue weighted by Crippen LogP contribution is -2.17. The molecule has 0 atom stereocenters. The second-order valence-electron chi connectivity index (χ2n) is 4.42. The number of aryl methyl sites for hydroxylation is 1. The van der Waals surface area contributed by atoms with Crippen LogP contribution in [0.1, 0.15) is 16.1 Å². The van der Waals surface area contributed by atoms with Gasteiger partial charge in [0.2, 0.25) is 5.90 Å². The Bertz CT molecular complexity index is 675. The number of carbonyl (C=O) groups excluding carboxylic acids is 1. The van der Waals surface area contributed by atoms with Crippen LogP contribution in [0.5, 0.6) is 0 Å². The Morgan fingerprint density at radius 3 is 2.95 bits per heavy atom. The van der Waals surface area contributed by atoms with Crippen molar-refractivity contribution < 1.29 is 9.53 Å². The maximum Gasteiger partial charge on any atom is 0.273 e. The summed E-state index contributed by atoms with van der Waals surface area (Å²) >= 11 is 0. The standard InChI is InChI=1S/C14H14N4O2/c1-18-9-15-8-12(18)13(19)17-11-5-3-2-4-10(11)14-16-6-7-20-14/h2-5,8-9H,6-7H2,1H3,(H,17,19). The third kappa shape index (κ3) is 2.27. The van der Waals surface area contributed by atoms with E-state index in [1.807, 2.05) is 24.3 Å². The summed E-state index contributed by atoms with van der Waals surface area (Å²) in [6.45, 7) is 1.23. The Morgan fingerprint density at radius 2 is 2.25 bits per heavy atom. The molecular weight excluding hydrogens is 256 g/mol. The molecule has 102 valence electrons. The first-order valence-electron chi connectivity index (χ1n) is 6.30. The molecule has 2 aromatic rings. The molecule has 0 aliphatic carbocycles. The third-order valence-corrected chi connectivity index (χ3v) is 3.04. The quantitative estimate of drug-likeness (QED) is 0.917. The second-order valence-corrected chi connectivity index (χ2v) is 4.42. The zero-order valence-corrected chi connectivity index (χ0v) is 11.0. The Balaban J connectivity index is 1.88. The minimum atomic E-state index is -0.212. The highest BCUT2D eigenvalue weighted by molar-refractivity contribution is 6.08. The maximum absolute atomic E-state index is 12.2. The van der Waals surface area contributed by atoms with E-state index in [9.17, 15) is 4.79 Å². The lowest BCUT2D eigenvalue weighted by molar-refractivity contribution is 0.101. The minimum Gasteiger partial charge on any atom is -0.475 e. The Kier molecular flexibility index (Phi) is 3.20. The molecular formula is C14H14N4O2. The van der Waals surface area contributed by atoms with E-state index in [0.717, 1.165) is 5.56 Å². The number of nitrogens with zero attached hydrogens (tertiary/aromatic N) is 3. The highest BCUT2D eigenvalue weighted by Gasteiger charge is 2.17. The van der Waals surface area contributed by atoms with Gasteiger partial charge in [-0.25, -0.2) is 9.98 Å². The van der Waals surface area contributed by atoms with Gasteiger partial charge in [-0.15, -0.1) is 0 Å². The summed E-state index contributed by atoms with van der Waals surface area (Å²) in [7, 11) is 1.78. The van der Waals surface area contributed by atoms with Crippen molar-refractivity contribution in [1.82, 2.24) is 9.55 Å². The molecule has 3 rings (SSSR count). The number of ether oxygens (including phenoxy) is 1. The molecule has 0 spiro atoms. The number of hydrogen-bond donors (Lipinski definition) is 1. The number of anilines is 1. The second kappa shape index (κ2) is 5.16. The topological polar surface area (TPSA) is 68.5 Å². The van der Waals surface area contributed by atoms with Crippen LogP contribution in [-0.2, 0) is 11.8 Å². The summed E-state index contributed by atoms with van der Waals surface area (Å²) < 4.78 is 7.12. The van der Waals surface area contributed by atoms with Crippen molar-refractivity contribution in [3.63, 3.8) is 0 Å². The third-order valence-electron chi connectivity index (χ3n) is 3.04. The van der Waals surface area contributed by atoms with Crippen molar-refractivity contribution >= 4 is 17.5 Å². The van der Waals surface area contributed by atoms with Crippen molar-refractivity contribution in [3.8, 4) is 0 Å². The van der Waals surface area contributed by atoms with Gasteiger partial charge in [0.1, 0.15) is 12.3 Å². The highest BCUT2D eigenvalue weighted by atomic mass is 16.5. The van der Waals surface area contributed by atoms with Crippen LogP contribution >= 0.6 is 0 Å². The van der Waals surface area contributed by atoms with Crippen LogP contribution < -0.4 is 5.32 Å². The molecule has 0 radical (unpaired) electrons. The number of amides is 1. The molecule has 0 fully saturated rings. The number of rotatable bonds is 3. The molecule has 6 nitrogen and oxygen atoms in total. The number of para-hydroxylation sites is 1. The fourth-order valence-electron chi connectivity index (χ4n) is 2.04. The predicted molar refractivity (Wildman–Crippen MR) is 75.0 cm³/mol.